The van der Waals surface area contributed by atoms with Gasteiger partial charge in [-0.3, -0.25) is 0 Å². The van der Waals surface area contributed by atoms with E-state index in [2.05, 4.69) is 35.1 Å². The van der Waals surface area contributed by atoms with E-state index in [0.29, 0.717) is 0 Å². The molecule has 3 aliphatic rings. The Kier molecular flexibility index (Phi) is 4.34. The second-order valence-electron chi connectivity index (χ2n) is 4.58. The molecule has 0 N–H and O–H groups in total. The average molecular weight is 318 g/mol. The summed E-state index contributed by atoms with van der Waals surface area (Å²) in [5.74, 6) is 0. The zero-order chi connectivity index (χ0) is 15.4. The topological polar surface area (TPSA) is 47.6 Å². The van der Waals surface area contributed by atoms with Crippen LogP contribution in [0.2, 0.25) is 0 Å². The number of thioether (sulfide) groups is 2. The summed E-state index contributed by atoms with van der Waals surface area (Å²) < 4.78 is 1.26. The third-order valence-electron chi connectivity index (χ3n) is 3.19. The zero-order valence-electron chi connectivity index (χ0n) is 11.5. The van der Waals surface area contributed by atoms with Crippen molar-refractivity contribution in [3.8, 4) is 23.3 Å². The molecule has 1 aliphatic heterocycles. The van der Waals surface area contributed by atoms with Crippen LogP contribution < -0.4 is 0 Å². The first-order chi connectivity index (χ1) is 10.8. The van der Waals surface area contributed by atoms with Gasteiger partial charge in [-0.15, -0.1) is 0 Å². The SMILES string of the molecule is N#CC(C#N)=Cc1cccc2c(C=C3SC=CS3)ccc-2c1. The predicted octanol–water partition coefficient (Wildman–Crippen LogP) is 5.47. The minimum atomic E-state index is 0.109. The van der Waals surface area contributed by atoms with E-state index in [1.807, 2.05) is 30.3 Å². The Hall–Kier alpha value is -2.40. The number of fused-ring (bicyclic) bond motifs is 1. The minimum Gasteiger partial charge on any atom is -0.192 e. The highest BCUT2D eigenvalue weighted by Gasteiger charge is 2.09. The molecule has 0 saturated heterocycles. The molecular formula is C18H10N2S2. The van der Waals surface area contributed by atoms with Gasteiger partial charge in [0.05, 0.1) is 0 Å². The number of rotatable bonds is 2. The number of hydrogen-bond acceptors (Lipinski definition) is 4. The van der Waals surface area contributed by atoms with Crippen molar-refractivity contribution in [1.29, 1.82) is 10.5 Å². The Morgan fingerprint density at radius 1 is 1.00 bits per heavy atom. The second kappa shape index (κ2) is 6.58. The average Bonchev–Trinajstić information content (AvgIpc) is 3.12. The summed E-state index contributed by atoms with van der Waals surface area (Å²) in [6.45, 7) is 0. The highest BCUT2D eigenvalue weighted by atomic mass is 32.2. The first-order valence-corrected chi connectivity index (χ1v) is 8.31. The molecule has 1 heterocycles. The lowest BCUT2D eigenvalue weighted by molar-refractivity contribution is 1.47. The Bertz CT molecular complexity index is 838. The lowest BCUT2D eigenvalue weighted by Gasteiger charge is -1.98. The largest absolute Gasteiger partial charge is 0.192 e. The van der Waals surface area contributed by atoms with E-state index in [1.165, 1.54) is 9.80 Å². The maximum Gasteiger partial charge on any atom is 0.130 e. The van der Waals surface area contributed by atoms with Crippen molar-refractivity contribution < 1.29 is 0 Å². The van der Waals surface area contributed by atoms with Crippen LogP contribution in [0.15, 0.2) is 57.0 Å². The van der Waals surface area contributed by atoms with Crippen LogP contribution in [0.4, 0.5) is 0 Å². The first-order valence-electron chi connectivity index (χ1n) is 6.55. The molecule has 2 nitrogen and oxygen atoms in total. The van der Waals surface area contributed by atoms with Crippen molar-refractivity contribution >= 4 is 35.7 Å². The molecule has 2 aliphatic carbocycles. The molecule has 0 aromatic heterocycles. The quantitative estimate of drug-likeness (QED) is 0.689. The maximum atomic E-state index is 8.87. The molecule has 0 spiro atoms. The summed E-state index contributed by atoms with van der Waals surface area (Å²) in [7, 11) is 0. The molecule has 0 amide bonds. The van der Waals surface area contributed by atoms with Crippen molar-refractivity contribution in [3.05, 3.63) is 68.2 Å². The lowest BCUT2D eigenvalue weighted by Crippen LogP contribution is -1.74. The maximum absolute atomic E-state index is 8.87. The van der Waals surface area contributed by atoms with Crippen LogP contribution in [-0.2, 0) is 0 Å². The lowest BCUT2D eigenvalue weighted by atomic mass is 10.1. The Balaban J connectivity index is 1.99. The van der Waals surface area contributed by atoms with E-state index < -0.39 is 0 Å². The van der Waals surface area contributed by atoms with Gasteiger partial charge in [-0.2, -0.15) is 10.5 Å². The van der Waals surface area contributed by atoms with Gasteiger partial charge in [0.2, 0.25) is 0 Å². The molecule has 0 fully saturated rings. The molecule has 104 valence electrons. The van der Waals surface area contributed by atoms with Crippen molar-refractivity contribution in [1.82, 2.24) is 0 Å². The standard InChI is InChI=1S/C18H10N2S2/c19-11-14(12-20)8-13-2-1-3-17-15(9-13)4-5-16(17)10-18-21-6-7-22-18/h1-10H. The van der Waals surface area contributed by atoms with Crippen molar-refractivity contribution in [2.75, 3.05) is 0 Å². The highest BCUT2D eigenvalue weighted by molar-refractivity contribution is 8.27. The summed E-state index contributed by atoms with van der Waals surface area (Å²) >= 11 is 3.45. The number of nitrogens with zero attached hydrogens (tertiary/aromatic N) is 2. The van der Waals surface area contributed by atoms with Gasteiger partial charge in [0.25, 0.3) is 0 Å². The second-order valence-corrected chi connectivity index (χ2v) is 6.73. The monoisotopic (exact) mass is 318 g/mol. The van der Waals surface area contributed by atoms with Crippen LogP contribution >= 0.6 is 23.5 Å². The van der Waals surface area contributed by atoms with E-state index >= 15 is 0 Å². The van der Waals surface area contributed by atoms with Crippen LogP contribution in [0, 0.1) is 22.7 Å². The smallest absolute Gasteiger partial charge is 0.130 e. The van der Waals surface area contributed by atoms with Crippen molar-refractivity contribution in [3.63, 3.8) is 0 Å². The summed E-state index contributed by atoms with van der Waals surface area (Å²) in [4.78, 5) is 0. The van der Waals surface area contributed by atoms with E-state index in [0.717, 1.165) is 16.7 Å². The number of nitriles is 2. The van der Waals surface area contributed by atoms with E-state index in [-0.39, 0.29) is 5.57 Å². The molecule has 0 aromatic carbocycles. The first kappa shape index (κ1) is 14.5. The van der Waals surface area contributed by atoms with Gasteiger partial charge in [-0.05, 0) is 51.3 Å². The predicted molar refractivity (Wildman–Crippen MR) is 94.6 cm³/mol. The molecule has 0 atom stereocenters. The van der Waals surface area contributed by atoms with Gasteiger partial charge in [0.15, 0.2) is 0 Å². The molecule has 0 radical (unpaired) electrons. The summed E-state index contributed by atoms with van der Waals surface area (Å²) in [6.07, 6.45) is 3.79. The van der Waals surface area contributed by atoms with E-state index in [9.17, 15) is 0 Å². The fourth-order valence-electron chi connectivity index (χ4n) is 2.21. The van der Waals surface area contributed by atoms with Crippen molar-refractivity contribution in [2.45, 2.75) is 0 Å². The van der Waals surface area contributed by atoms with Gasteiger partial charge < -0.3 is 0 Å². The molecule has 0 saturated carbocycles. The van der Waals surface area contributed by atoms with Crippen LogP contribution in [0.1, 0.15) is 11.1 Å². The van der Waals surface area contributed by atoms with Crippen molar-refractivity contribution in [2.24, 2.45) is 0 Å². The summed E-state index contributed by atoms with van der Waals surface area (Å²) in [5, 5.41) is 21.9. The molecule has 0 unspecified atom stereocenters. The zero-order valence-corrected chi connectivity index (χ0v) is 13.1. The van der Waals surface area contributed by atoms with Gasteiger partial charge in [0, 0.05) is 4.24 Å². The normalized spacial score (nSPS) is 12.7. The summed E-state index contributed by atoms with van der Waals surface area (Å²) in [5.41, 5.74) is 4.40. The molecule has 4 heteroatoms. The Morgan fingerprint density at radius 3 is 2.50 bits per heavy atom. The molecule has 22 heavy (non-hydrogen) atoms. The van der Waals surface area contributed by atoms with E-state index in [1.54, 1.807) is 29.6 Å². The van der Waals surface area contributed by atoms with Gasteiger partial charge >= 0.3 is 0 Å². The number of allylic oxidation sites excluding steroid dienone is 1. The van der Waals surface area contributed by atoms with Gasteiger partial charge in [-0.1, -0.05) is 53.9 Å². The third-order valence-corrected chi connectivity index (χ3v) is 5.18. The number of hydrogen-bond donors (Lipinski definition) is 0. The summed E-state index contributed by atoms with van der Waals surface area (Å²) in [6, 6.07) is 15.9. The van der Waals surface area contributed by atoms with Crippen LogP contribution in [0.5, 0.6) is 0 Å². The molecule has 0 aromatic rings. The fraction of sp³-hybridized carbons (Fsp3) is 0. The Labute approximate surface area is 137 Å². The fourth-order valence-corrected chi connectivity index (χ4v) is 3.87. The molecule has 0 bridgehead atoms. The third kappa shape index (κ3) is 3.09. The van der Waals surface area contributed by atoms with Gasteiger partial charge in [0.1, 0.15) is 17.7 Å². The molecular weight excluding hydrogens is 308 g/mol. The highest BCUT2D eigenvalue weighted by Crippen LogP contribution is 2.40. The van der Waals surface area contributed by atoms with Crippen LogP contribution in [-0.4, -0.2) is 0 Å². The van der Waals surface area contributed by atoms with Gasteiger partial charge in [-0.25, -0.2) is 0 Å². The minimum absolute atomic E-state index is 0.109. The van der Waals surface area contributed by atoms with Crippen LogP contribution in [0.25, 0.3) is 23.3 Å². The van der Waals surface area contributed by atoms with Crippen LogP contribution in [0.3, 0.4) is 0 Å². The Morgan fingerprint density at radius 2 is 1.77 bits per heavy atom. The van der Waals surface area contributed by atoms with E-state index in [4.69, 9.17) is 10.5 Å². The molecule has 3 rings (SSSR count).